The normalized spacial score (nSPS) is 39.6. The zero-order chi connectivity index (χ0) is 8.60. The Morgan fingerprint density at radius 1 is 1.50 bits per heavy atom. The fraction of sp³-hybridized carbons (Fsp3) is 0.889. The Balaban J connectivity index is 2.15. The summed E-state index contributed by atoms with van der Waals surface area (Å²) in [7, 11) is 1.47. The Kier molecular flexibility index (Phi) is 1.83. The lowest BCUT2D eigenvalue weighted by Crippen LogP contribution is -2.52. The number of esters is 1. The number of hydrogen-bond donors (Lipinski definition) is 1. The van der Waals surface area contributed by atoms with Crippen LogP contribution in [0.15, 0.2) is 0 Å². The summed E-state index contributed by atoms with van der Waals surface area (Å²) < 4.78 is 4.81. The highest BCUT2D eigenvalue weighted by molar-refractivity contribution is 5.81. The van der Waals surface area contributed by atoms with E-state index in [4.69, 9.17) is 4.74 Å². The number of carbonyl (C=O) groups is 1. The molecule has 2 saturated heterocycles. The maximum absolute atomic E-state index is 11.5. The largest absolute Gasteiger partial charge is 0.468 e. The first kappa shape index (κ1) is 8.05. The number of carbonyl (C=O) groups excluding carboxylic acids is 1. The second kappa shape index (κ2) is 2.73. The van der Waals surface area contributed by atoms with Gasteiger partial charge in [-0.05, 0) is 32.1 Å². The zero-order valence-electron chi connectivity index (χ0n) is 7.43. The molecule has 2 rings (SSSR count). The third kappa shape index (κ3) is 1.04. The molecule has 2 aliphatic heterocycles. The SMILES string of the molecule is COC(=O)C12CCC[C@H](CC1)N2. The van der Waals surface area contributed by atoms with Crippen LogP contribution in [0.5, 0.6) is 0 Å². The van der Waals surface area contributed by atoms with E-state index < -0.39 is 0 Å². The molecule has 3 nitrogen and oxygen atoms in total. The van der Waals surface area contributed by atoms with E-state index >= 15 is 0 Å². The Bertz CT molecular complexity index is 201. The van der Waals surface area contributed by atoms with E-state index in [2.05, 4.69) is 5.32 Å². The molecule has 2 fully saturated rings. The van der Waals surface area contributed by atoms with Gasteiger partial charge in [-0.3, -0.25) is 10.1 Å². The van der Waals surface area contributed by atoms with Crippen LogP contribution < -0.4 is 5.32 Å². The molecule has 1 unspecified atom stereocenters. The van der Waals surface area contributed by atoms with E-state index in [0.717, 1.165) is 25.7 Å². The van der Waals surface area contributed by atoms with Crippen molar-refractivity contribution in [1.82, 2.24) is 5.32 Å². The van der Waals surface area contributed by atoms with Gasteiger partial charge in [0.25, 0.3) is 0 Å². The summed E-state index contributed by atoms with van der Waals surface area (Å²) >= 11 is 0. The third-order valence-electron chi connectivity index (χ3n) is 3.13. The predicted molar refractivity (Wildman–Crippen MR) is 44.8 cm³/mol. The van der Waals surface area contributed by atoms with Crippen LogP contribution >= 0.6 is 0 Å². The Morgan fingerprint density at radius 3 is 3.08 bits per heavy atom. The fourth-order valence-corrected chi connectivity index (χ4v) is 2.48. The van der Waals surface area contributed by atoms with Crippen LogP contribution in [0.3, 0.4) is 0 Å². The van der Waals surface area contributed by atoms with Crippen molar-refractivity contribution in [3.8, 4) is 0 Å². The van der Waals surface area contributed by atoms with Gasteiger partial charge in [0, 0.05) is 6.04 Å². The number of nitrogens with one attached hydrogen (secondary N) is 1. The van der Waals surface area contributed by atoms with Gasteiger partial charge in [0.05, 0.1) is 7.11 Å². The van der Waals surface area contributed by atoms with Crippen LogP contribution in [-0.4, -0.2) is 24.7 Å². The van der Waals surface area contributed by atoms with Crippen molar-refractivity contribution in [2.45, 2.75) is 43.7 Å². The van der Waals surface area contributed by atoms with E-state index in [0.29, 0.717) is 6.04 Å². The van der Waals surface area contributed by atoms with Crippen molar-refractivity contribution in [2.24, 2.45) is 0 Å². The maximum Gasteiger partial charge on any atom is 0.326 e. The highest BCUT2D eigenvalue weighted by Crippen LogP contribution is 2.36. The molecule has 0 radical (unpaired) electrons. The summed E-state index contributed by atoms with van der Waals surface area (Å²) in [4.78, 5) is 11.5. The Hall–Kier alpha value is -0.570. The third-order valence-corrected chi connectivity index (χ3v) is 3.13. The molecule has 0 aromatic carbocycles. The van der Waals surface area contributed by atoms with Gasteiger partial charge in [0.2, 0.25) is 0 Å². The molecule has 0 spiro atoms. The predicted octanol–water partition coefficient (Wildman–Crippen LogP) is 0.834. The summed E-state index contributed by atoms with van der Waals surface area (Å²) in [6.45, 7) is 0. The first-order valence-electron chi connectivity index (χ1n) is 4.63. The van der Waals surface area contributed by atoms with Gasteiger partial charge in [-0.1, -0.05) is 0 Å². The molecule has 68 valence electrons. The van der Waals surface area contributed by atoms with E-state index in [-0.39, 0.29) is 11.5 Å². The number of fused-ring (bicyclic) bond motifs is 2. The molecule has 2 aliphatic rings. The molecular weight excluding hydrogens is 154 g/mol. The number of hydrogen-bond acceptors (Lipinski definition) is 3. The molecule has 0 aromatic rings. The molecule has 0 aliphatic carbocycles. The first-order valence-corrected chi connectivity index (χ1v) is 4.63. The lowest BCUT2D eigenvalue weighted by Gasteiger charge is -2.31. The topological polar surface area (TPSA) is 38.3 Å². The lowest BCUT2D eigenvalue weighted by atomic mass is 9.91. The van der Waals surface area contributed by atoms with Gasteiger partial charge in [0.1, 0.15) is 5.54 Å². The van der Waals surface area contributed by atoms with Crippen molar-refractivity contribution in [3.05, 3.63) is 0 Å². The van der Waals surface area contributed by atoms with Gasteiger partial charge in [-0.15, -0.1) is 0 Å². The molecule has 0 aromatic heterocycles. The Morgan fingerprint density at radius 2 is 2.33 bits per heavy atom. The molecule has 2 atom stereocenters. The molecule has 12 heavy (non-hydrogen) atoms. The number of methoxy groups -OCH3 is 1. The molecular formula is C9H15NO2. The van der Waals surface area contributed by atoms with E-state index in [9.17, 15) is 4.79 Å². The molecule has 1 N–H and O–H groups in total. The molecule has 2 heterocycles. The molecule has 2 bridgehead atoms. The lowest BCUT2D eigenvalue weighted by molar-refractivity contribution is -0.149. The van der Waals surface area contributed by atoms with Gasteiger partial charge in [-0.25, -0.2) is 0 Å². The van der Waals surface area contributed by atoms with E-state index in [1.165, 1.54) is 13.5 Å². The van der Waals surface area contributed by atoms with Gasteiger partial charge in [0.15, 0.2) is 0 Å². The smallest absolute Gasteiger partial charge is 0.326 e. The standard InChI is InChI=1S/C9H15NO2/c1-12-8(11)9-5-2-3-7(10-9)4-6-9/h7,10H,2-6H2,1H3/t7-,9?/m1/s1. The highest BCUT2D eigenvalue weighted by atomic mass is 16.5. The first-order chi connectivity index (χ1) is 5.77. The van der Waals surface area contributed by atoms with Gasteiger partial charge in [-0.2, -0.15) is 0 Å². The van der Waals surface area contributed by atoms with Crippen LogP contribution in [0.25, 0.3) is 0 Å². The van der Waals surface area contributed by atoms with Crippen molar-refractivity contribution < 1.29 is 9.53 Å². The minimum Gasteiger partial charge on any atom is -0.468 e. The quantitative estimate of drug-likeness (QED) is 0.591. The van der Waals surface area contributed by atoms with Crippen LogP contribution in [0.4, 0.5) is 0 Å². The average Bonchev–Trinajstić information content (AvgIpc) is 2.42. The second-order valence-electron chi connectivity index (χ2n) is 3.85. The molecule has 3 heteroatoms. The Labute approximate surface area is 72.5 Å². The fourth-order valence-electron chi connectivity index (χ4n) is 2.48. The minimum atomic E-state index is -0.308. The minimum absolute atomic E-state index is 0.0651. The number of piperidine rings is 1. The number of rotatable bonds is 1. The van der Waals surface area contributed by atoms with E-state index in [1.807, 2.05) is 0 Å². The monoisotopic (exact) mass is 169 g/mol. The molecule has 0 saturated carbocycles. The van der Waals surface area contributed by atoms with Crippen molar-refractivity contribution in [3.63, 3.8) is 0 Å². The van der Waals surface area contributed by atoms with Gasteiger partial charge < -0.3 is 4.74 Å². The van der Waals surface area contributed by atoms with Crippen LogP contribution in [0.2, 0.25) is 0 Å². The van der Waals surface area contributed by atoms with Crippen LogP contribution in [0, 0.1) is 0 Å². The van der Waals surface area contributed by atoms with Crippen molar-refractivity contribution >= 4 is 5.97 Å². The van der Waals surface area contributed by atoms with Gasteiger partial charge >= 0.3 is 5.97 Å². The zero-order valence-corrected chi connectivity index (χ0v) is 7.43. The molecule has 0 amide bonds. The number of ether oxygens (including phenoxy) is 1. The highest BCUT2D eigenvalue weighted by Gasteiger charge is 2.47. The van der Waals surface area contributed by atoms with Crippen LogP contribution in [-0.2, 0) is 9.53 Å². The summed E-state index contributed by atoms with van der Waals surface area (Å²) in [6.07, 6.45) is 5.43. The summed E-state index contributed by atoms with van der Waals surface area (Å²) in [5.41, 5.74) is -0.308. The second-order valence-corrected chi connectivity index (χ2v) is 3.85. The van der Waals surface area contributed by atoms with Crippen LogP contribution in [0.1, 0.15) is 32.1 Å². The maximum atomic E-state index is 11.5. The van der Waals surface area contributed by atoms with Crippen molar-refractivity contribution in [2.75, 3.05) is 7.11 Å². The van der Waals surface area contributed by atoms with Crippen molar-refractivity contribution in [1.29, 1.82) is 0 Å². The summed E-state index contributed by atoms with van der Waals surface area (Å²) in [5, 5.41) is 3.38. The van der Waals surface area contributed by atoms with E-state index in [1.54, 1.807) is 0 Å². The average molecular weight is 169 g/mol. The summed E-state index contributed by atoms with van der Waals surface area (Å²) in [5.74, 6) is -0.0651. The summed E-state index contributed by atoms with van der Waals surface area (Å²) in [6, 6.07) is 0.567.